The lowest BCUT2D eigenvalue weighted by Crippen LogP contribution is -2.52. The Morgan fingerprint density at radius 2 is 1.45 bits per heavy atom. The van der Waals surface area contributed by atoms with Crippen molar-refractivity contribution in [2.45, 2.75) is 77.9 Å². The smallest absolute Gasteiger partial charge is 0.264 e. The number of para-hydroxylation sites is 1. The second-order valence-electron chi connectivity index (χ2n) is 10.2. The van der Waals surface area contributed by atoms with Crippen LogP contribution in [0.4, 0.5) is 5.69 Å². The van der Waals surface area contributed by atoms with Crippen LogP contribution in [0.25, 0.3) is 0 Å². The predicted octanol–water partition coefficient (Wildman–Crippen LogP) is 5.39. The first-order valence-electron chi connectivity index (χ1n) is 13.8. The fourth-order valence-electron chi connectivity index (χ4n) is 4.42. The lowest BCUT2D eigenvalue weighted by Gasteiger charge is -2.33. The number of hydrogen-bond donors (Lipinski definition) is 1. The number of nitrogens with zero attached hydrogens (tertiary/aromatic N) is 2. The Balaban J connectivity index is 2.07. The zero-order chi connectivity index (χ0) is 29.4. The number of amides is 2. The summed E-state index contributed by atoms with van der Waals surface area (Å²) in [6, 6.07) is 20.6. The van der Waals surface area contributed by atoms with Gasteiger partial charge in [0.05, 0.1) is 10.6 Å². The van der Waals surface area contributed by atoms with Crippen molar-refractivity contribution in [3.8, 4) is 0 Å². The molecule has 0 aliphatic rings. The highest BCUT2D eigenvalue weighted by Gasteiger charge is 2.33. The monoisotopic (exact) mass is 563 g/mol. The zero-order valence-corrected chi connectivity index (χ0v) is 25.2. The predicted molar refractivity (Wildman–Crippen MR) is 161 cm³/mol. The van der Waals surface area contributed by atoms with Crippen LogP contribution in [-0.4, -0.2) is 43.8 Å². The van der Waals surface area contributed by atoms with Crippen molar-refractivity contribution >= 4 is 27.5 Å². The van der Waals surface area contributed by atoms with Gasteiger partial charge in [-0.15, -0.1) is 0 Å². The minimum absolute atomic E-state index is 0.0554. The van der Waals surface area contributed by atoms with Gasteiger partial charge in [0.25, 0.3) is 10.0 Å². The highest BCUT2D eigenvalue weighted by Crippen LogP contribution is 2.28. The van der Waals surface area contributed by atoms with Crippen molar-refractivity contribution in [3.63, 3.8) is 0 Å². The number of benzene rings is 3. The third-order valence-corrected chi connectivity index (χ3v) is 9.07. The number of aryl methyl sites for hydroxylation is 3. The van der Waals surface area contributed by atoms with Gasteiger partial charge in [0.1, 0.15) is 12.6 Å². The maximum Gasteiger partial charge on any atom is 0.264 e. The molecule has 0 saturated heterocycles. The van der Waals surface area contributed by atoms with E-state index < -0.39 is 28.5 Å². The molecule has 0 spiro atoms. The van der Waals surface area contributed by atoms with Gasteiger partial charge in [-0.2, -0.15) is 0 Å². The normalized spacial score (nSPS) is 12.8. The fraction of sp³-hybridized carbons (Fsp3) is 0.375. The number of carbonyl (C=O) groups excluding carboxylic acids is 2. The summed E-state index contributed by atoms with van der Waals surface area (Å²) < 4.78 is 29.3. The summed E-state index contributed by atoms with van der Waals surface area (Å²) in [6.45, 7) is 11.1. The summed E-state index contributed by atoms with van der Waals surface area (Å²) in [6.07, 6.45) is 1.34. The number of rotatable bonds is 12. The quantitative estimate of drug-likeness (QED) is 0.320. The molecule has 7 nitrogen and oxygen atoms in total. The molecule has 3 aromatic rings. The Hall–Kier alpha value is -3.65. The first-order chi connectivity index (χ1) is 19.0. The molecule has 8 heteroatoms. The first-order valence-corrected chi connectivity index (χ1v) is 15.2. The van der Waals surface area contributed by atoms with E-state index in [0.29, 0.717) is 12.1 Å². The minimum Gasteiger partial charge on any atom is -0.352 e. The molecule has 0 unspecified atom stereocenters. The van der Waals surface area contributed by atoms with Gasteiger partial charge < -0.3 is 10.2 Å². The average Bonchev–Trinajstić information content (AvgIpc) is 2.95. The summed E-state index contributed by atoms with van der Waals surface area (Å²) >= 11 is 0. The van der Waals surface area contributed by atoms with Gasteiger partial charge in [0.15, 0.2) is 0 Å². The molecule has 0 radical (unpaired) electrons. The number of carbonyl (C=O) groups is 2. The van der Waals surface area contributed by atoms with Crippen LogP contribution in [-0.2, 0) is 32.6 Å². The van der Waals surface area contributed by atoms with Crippen LogP contribution in [0.5, 0.6) is 0 Å². The van der Waals surface area contributed by atoms with Crippen molar-refractivity contribution in [1.29, 1.82) is 0 Å². The van der Waals surface area contributed by atoms with Crippen LogP contribution in [0.3, 0.4) is 0 Å². The van der Waals surface area contributed by atoms with Crippen LogP contribution in [0.1, 0.15) is 56.4 Å². The summed E-state index contributed by atoms with van der Waals surface area (Å²) in [4.78, 5) is 28.9. The van der Waals surface area contributed by atoms with Gasteiger partial charge in [0.2, 0.25) is 11.8 Å². The summed E-state index contributed by atoms with van der Waals surface area (Å²) in [7, 11) is -4.10. The molecule has 2 amide bonds. The largest absolute Gasteiger partial charge is 0.352 e. The van der Waals surface area contributed by atoms with E-state index in [4.69, 9.17) is 0 Å². The Kier molecular flexibility index (Phi) is 10.5. The molecule has 3 rings (SSSR count). The van der Waals surface area contributed by atoms with Gasteiger partial charge in [-0.25, -0.2) is 8.42 Å². The van der Waals surface area contributed by atoms with Crippen molar-refractivity contribution in [2.75, 3.05) is 10.8 Å². The first kappa shape index (κ1) is 30.9. The molecule has 0 heterocycles. The van der Waals surface area contributed by atoms with Gasteiger partial charge in [-0.05, 0) is 75.4 Å². The Morgan fingerprint density at radius 3 is 2.05 bits per heavy atom. The second kappa shape index (κ2) is 13.6. The third-order valence-electron chi connectivity index (χ3n) is 7.30. The Labute approximate surface area is 239 Å². The molecule has 40 heavy (non-hydrogen) atoms. The standard InChI is InChI=1S/C32H41N3O4S/c1-7-25(5)33-32(37)26(6)34(21-28-15-10-9-13-24(28)4)31(36)22-35(30-16-12-11-14-27(30)8-2)40(38,39)29-19-17-23(3)18-20-29/h9-20,25-26H,7-8,21-22H2,1-6H3,(H,33,37)/t25-,26+/m0/s1. The summed E-state index contributed by atoms with van der Waals surface area (Å²) in [5.41, 5.74) is 4.06. The van der Waals surface area contributed by atoms with Gasteiger partial charge in [0, 0.05) is 12.6 Å². The number of hydrogen-bond acceptors (Lipinski definition) is 4. The lowest BCUT2D eigenvalue weighted by molar-refractivity contribution is -0.139. The SMILES string of the molecule is CCc1ccccc1N(CC(=O)N(Cc1ccccc1C)[C@H](C)C(=O)N[C@@H](C)CC)S(=O)(=O)c1ccc(C)cc1. The van der Waals surface area contributed by atoms with Crippen LogP contribution < -0.4 is 9.62 Å². The van der Waals surface area contributed by atoms with E-state index in [0.717, 1.165) is 28.7 Å². The third kappa shape index (κ3) is 7.30. The van der Waals surface area contributed by atoms with Gasteiger partial charge >= 0.3 is 0 Å². The van der Waals surface area contributed by atoms with E-state index in [-0.39, 0.29) is 23.4 Å². The van der Waals surface area contributed by atoms with Gasteiger partial charge in [-0.1, -0.05) is 74.0 Å². The highest BCUT2D eigenvalue weighted by atomic mass is 32.2. The second-order valence-corrected chi connectivity index (χ2v) is 12.1. The Bertz CT molecular complexity index is 1420. The van der Waals surface area contributed by atoms with Crippen LogP contribution >= 0.6 is 0 Å². The average molecular weight is 564 g/mol. The summed E-state index contributed by atoms with van der Waals surface area (Å²) in [5, 5.41) is 2.97. The molecular formula is C32H41N3O4S. The molecule has 3 aromatic carbocycles. The molecule has 1 N–H and O–H groups in total. The van der Waals surface area contributed by atoms with Crippen LogP contribution in [0.2, 0.25) is 0 Å². The molecule has 0 fully saturated rings. The fourth-order valence-corrected chi connectivity index (χ4v) is 5.88. The van der Waals surface area contributed by atoms with Gasteiger partial charge in [-0.3, -0.25) is 13.9 Å². The molecule has 214 valence electrons. The number of anilines is 1. The molecular weight excluding hydrogens is 522 g/mol. The van der Waals surface area contributed by atoms with Crippen LogP contribution in [0.15, 0.2) is 77.7 Å². The summed E-state index contributed by atoms with van der Waals surface area (Å²) in [5.74, 6) is -0.741. The maximum absolute atomic E-state index is 14.1. The van der Waals surface area contributed by atoms with Crippen molar-refractivity contribution in [3.05, 3.63) is 95.1 Å². The van der Waals surface area contributed by atoms with E-state index in [1.165, 1.54) is 9.21 Å². The molecule has 0 aromatic heterocycles. The van der Waals surface area contributed by atoms with E-state index in [9.17, 15) is 18.0 Å². The molecule has 0 aliphatic carbocycles. The number of sulfonamides is 1. The van der Waals surface area contributed by atoms with Crippen molar-refractivity contribution in [2.24, 2.45) is 0 Å². The Morgan fingerprint density at radius 1 is 0.850 bits per heavy atom. The topological polar surface area (TPSA) is 86.8 Å². The molecule has 0 aliphatic heterocycles. The molecule has 0 bridgehead atoms. The van der Waals surface area contributed by atoms with E-state index in [2.05, 4.69) is 5.32 Å². The molecule has 2 atom stereocenters. The van der Waals surface area contributed by atoms with E-state index in [1.807, 2.05) is 71.0 Å². The highest BCUT2D eigenvalue weighted by molar-refractivity contribution is 7.92. The van der Waals surface area contributed by atoms with Crippen LogP contribution in [0, 0.1) is 13.8 Å². The molecule has 0 saturated carbocycles. The zero-order valence-electron chi connectivity index (χ0n) is 24.3. The van der Waals surface area contributed by atoms with E-state index >= 15 is 0 Å². The maximum atomic E-state index is 14.1. The van der Waals surface area contributed by atoms with Crippen molar-refractivity contribution < 1.29 is 18.0 Å². The van der Waals surface area contributed by atoms with Crippen molar-refractivity contribution in [1.82, 2.24) is 10.2 Å². The minimum atomic E-state index is -4.10. The van der Waals surface area contributed by atoms with E-state index in [1.54, 1.807) is 43.3 Å². The number of nitrogens with one attached hydrogen (secondary N) is 1. The lowest BCUT2D eigenvalue weighted by atomic mass is 10.1.